The lowest BCUT2D eigenvalue weighted by Gasteiger charge is -2.13. The zero-order valence-electron chi connectivity index (χ0n) is 10.9. The first kappa shape index (κ1) is 12.6. The van der Waals surface area contributed by atoms with Crippen molar-refractivity contribution >= 4 is 0 Å². The standard InChI is InChI=1S/C13H18N4O/c1-9(2)18-11-6-10(7-15-8-11)13(14)12-4-5-17(3)16-12/h4-9,13H,14H2,1-3H3. The zero-order chi connectivity index (χ0) is 13.1. The van der Waals surface area contributed by atoms with Gasteiger partial charge in [0.05, 0.1) is 24.0 Å². The average Bonchev–Trinajstić information content (AvgIpc) is 2.74. The third kappa shape index (κ3) is 2.87. The molecule has 0 radical (unpaired) electrons. The van der Waals surface area contributed by atoms with Gasteiger partial charge in [0, 0.05) is 19.4 Å². The van der Waals surface area contributed by atoms with Gasteiger partial charge in [-0.05, 0) is 31.5 Å². The first-order valence-electron chi connectivity index (χ1n) is 5.93. The average molecular weight is 246 g/mol. The van der Waals surface area contributed by atoms with Gasteiger partial charge in [0.2, 0.25) is 0 Å². The van der Waals surface area contributed by atoms with Crippen LogP contribution in [0.25, 0.3) is 0 Å². The van der Waals surface area contributed by atoms with E-state index in [0.29, 0.717) is 0 Å². The van der Waals surface area contributed by atoms with E-state index in [1.165, 1.54) is 0 Å². The second-order valence-corrected chi connectivity index (χ2v) is 4.51. The van der Waals surface area contributed by atoms with E-state index in [1.54, 1.807) is 17.1 Å². The molecule has 2 aromatic heterocycles. The van der Waals surface area contributed by atoms with E-state index in [4.69, 9.17) is 10.5 Å². The number of ether oxygens (including phenoxy) is 1. The molecule has 0 saturated carbocycles. The lowest BCUT2D eigenvalue weighted by Crippen LogP contribution is -2.14. The lowest BCUT2D eigenvalue weighted by atomic mass is 10.1. The van der Waals surface area contributed by atoms with Crippen LogP contribution >= 0.6 is 0 Å². The molecule has 1 atom stereocenters. The van der Waals surface area contributed by atoms with Crippen LogP contribution in [-0.4, -0.2) is 20.9 Å². The normalized spacial score (nSPS) is 12.7. The second-order valence-electron chi connectivity index (χ2n) is 4.51. The molecule has 0 saturated heterocycles. The third-order valence-corrected chi connectivity index (χ3v) is 2.52. The highest BCUT2D eigenvalue weighted by molar-refractivity contribution is 5.30. The second kappa shape index (κ2) is 5.18. The predicted octanol–water partition coefficient (Wildman–Crippen LogP) is 1.65. The van der Waals surface area contributed by atoms with Gasteiger partial charge in [-0.15, -0.1) is 0 Å². The molecule has 2 rings (SSSR count). The molecule has 96 valence electrons. The van der Waals surface area contributed by atoms with Gasteiger partial charge in [0.25, 0.3) is 0 Å². The van der Waals surface area contributed by atoms with Crippen LogP contribution in [0.5, 0.6) is 5.75 Å². The van der Waals surface area contributed by atoms with Crippen LogP contribution in [-0.2, 0) is 7.05 Å². The minimum Gasteiger partial charge on any atom is -0.489 e. The topological polar surface area (TPSA) is 66.0 Å². The van der Waals surface area contributed by atoms with Gasteiger partial charge >= 0.3 is 0 Å². The lowest BCUT2D eigenvalue weighted by molar-refractivity contribution is 0.241. The summed E-state index contributed by atoms with van der Waals surface area (Å²) < 4.78 is 7.34. The summed E-state index contributed by atoms with van der Waals surface area (Å²) in [6.07, 6.45) is 5.42. The van der Waals surface area contributed by atoms with Crippen LogP contribution in [0.15, 0.2) is 30.7 Å². The maximum absolute atomic E-state index is 6.16. The number of rotatable bonds is 4. The molecule has 0 spiro atoms. The Balaban J connectivity index is 2.22. The summed E-state index contributed by atoms with van der Waals surface area (Å²) in [5.74, 6) is 0.730. The number of hydrogen-bond acceptors (Lipinski definition) is 4. The van der Waals surface area contributed by atoms with Crippen molar-refractivity contribution in [1.82, 2.24) is 14.8 Å². The van der Waals surface area contributed by atoms with Crippen LogP contribution < -0.4 is 10.5 Å². The van der Waals surface area contributed by atoms with Crippen molar-refractivity contribution in [1.29, 1.82) is 0 Å². The van der Waals surface area contributed by atoms with Crippen molar-refractivity contribution in [3.05, 3.63) is 42.0 Å². The molecule has 0 aliphatic rings. The molecular weight excluding hydrogens is 228 g/mol. The van der Waals surface area contributed by atoms with Gasteiger partial charge in [-0.25, -0.2) is 0 Å². The first-order valence-corrected chi connectivity index (χ1v) is 5.93. The maximum atomic E-state index is 6.16. The van der Waals surface area contributed by atoms with E-state index in [1.807, 2.05) is 39.2 Å². The minimum atomic E-state index is -0.283. The number of aryl methyl sites for hydroxylation is 1. The molecule has 18 heavy (non-hydrogen) atoms. The number of nitrogens with zero attached hydrogens (tertiary/aromatic N) is 3. The summed E-state index contributed by atoms with van der Waals surface area (Å²) in [6.45, 7) is 3.96. The largest absolute Gasteiger partial charge is 0.489 e. The quantitative estimate of drug-likeness (QED) is 0.890. The molecule has 2 N–H and O–H groups in total. The van der Waals surface area contributed by atoms with Gasteiger partial charge in [-0.1, -0.05) is 0 Å². The minimum absolute atomic E-state index is 0.119. The van der Waals surface area contributed by atoms with Crippen LogP contribution in [0.1, 0.15) is 31.1 Å². The summed E-state index contributed by atoms with van der Waals surface area (Å²) in [5.41, 5.74) is 7.87. The van der Waals surface area contributed by atoms with Gasteiger partial charge in [0.1, 0.15) is 5.75 Å². The molecule has 1 unspecified atom stereocenters. The fourth-order valence-electron chi connectivity index (χ4n) is 1.71. The highest BCUT2D eigenvalue weighted by Crippen LogP contribution is 2.21. The highest BCUT2D eigenvalue weighted by Gasteiger charge is 2.13. The van der Waals surface area contributed by atoms with E-state index in [2.05, 4.69) is 10.1 Å². The Morgan fingerprint density at radius 2 is 2.11 bits per heavy atom. The monoisotopic (exact) mass is 246 g/mol. The SMILES string of the molecule is CC(C)Oc1cncc(C(N)c2ccn(C)n2)c1. The highest BCUT2D eigenvalue weighted by atomic mass is 16.5. The van der Waals surface area contributed by atoms with Crippen molar-refractivity contribution in [2.45, 2.75) is 26.0 Å². The molecule has 0 aliphatic carbocycles. The Kier molecular flexibility index (Phi) is 3.62. The van der Waals surface area contributed by atoms with E-state index in [0.717, 1.165) is 17.0 Å². The fraction of sp³-hybridized carbons (Fsp3) is 0.385. The fourth-order valence-corrected chi connectivity index (χ4v) is 1.71. The first-order chi connectivity index (χ1) is 8.56. The van der Waals surface area contributed by atoms with E-state index in [9.17, 15) is 0 Å². The molecule has 5 heteroatoms. The Hall–Kier alpha value is -1.88. The maximum Gasteiger partial charge on any atom is 0.138 e. The van der Waals surface area contributed by atoms with Crippen LogP contribution in [0, 0.1) is 0 Å². The molecule has 2 aromatic rings. The smallest absolute Gasteiger partial charge is 0.138 e. The third-order valence-electron chi connectivity index (χ3n) is 2.52. The molecule has 0 aliphatic heterocycles. The Labute approximate surface area is 107 Å². The summed E-state index contributed by atoms with van der Waals surface area (Å²) in [6, 6.07) is 3.53. The summed E-state index contributed by atoms with van der Waals surface area (Å²) in [7, 11) is 1.87. The zero-order valence-corrected chi connectivity index (χ0v) is 10.9. The van der Waals surface area contributed by atoms with Gasteiger partial charge < -0.3 is 10.5 Å². The number of aromatic nitrogens is 3. The molecule has 0 aromatic carbocycles. The molecule has 0 amide bonds. The van der Waals surface area contributed by atoms with Gasteiger partial charge in [0.15, 0.2) is 0 Å². The van der Waals surface area contributed by atoms with Crippen molar-refractivity contribution in [2.24, 2.45) is 12.8 Å². The van der Waals surface area contributed by atoms with Crippen molar-refractivity contribution in [3.63, 3.8) is 0 Å². The number of nitrogens with two attached hydrogens (primary N) is 1. The molecule has 2 heterocycles. The van der Waals surface area contributed by atoms with Crippen molar-refractivity contribution < 1.29 is 4.74 Å². The van der Waals surface area contributed by atoms with Crippen LogP contribution in [0.3, 0.4) is 0 Å². The van der Waals surface area contributed by atoms with Crippen LogP contribution in [0.4, 0.5) is 0 Å². The summed E-state index contributed by atoms with van der Waals surface area (Å²) >= 11 is 0. The van der Waals surface area contributed by atoms with Gasteiger partial charge in [-0.3, -0.25) is 9.67 Å². The van der Waals surface area contributed by atoms with E-state index in [-0.39, 0.29) is 12.1 Å². The van der Waals surface area contributed by atoms with Gasteiger partial charge in [-0.2, -0.15) is 5.10 Å². The number of hydrogen-bond donors (Lipinski definition) is 1. The Morgan fingerprint density at radius 1 is 1.33 bits per heavy atom. The van der Waals surface area contributed by atoms with Crippen molar-refractivity contribution in [3.8, 4) is 5.75 Å². The number of pyridine rings is 1. The Bertz CT molecular complexity index is 521. The van der Waals surface area contributed by atoms with Crippen molar-refractivity contribution in [2.75, 3.05) is 0 Å². The molecule has 0 bridgehead atoms. The van der Waals surface area contributed by atoms with E-state index < -0.39 is 0 Å². The Morgan fingerprint density at radius 3 is 2.72 bits per heavy atom. The van der Waals surface area contributed by atoms with Crippen LogP contribution in [0.2, 0.25) is 0 Å². The predicted molar refractivity (Wildman–Crippen MR) is 69.2 cm³/mol. The molecular formula is C13H18N4O. The van der Waals surface area contributed by atoms with E-state index >= 15 is 0 Å². The molecule has 5 nitrogen and oxygen atoms in total. The summed E-state index contributed by atoms with van der Waals surface area (Å²) in [4.78, 5) is 4.15. The molecule has 0 fully saturated rings. The summed E-state index contributed by atoms with van der Waals surface area (Å²) in [5, 5.41) is 4.30.